The molecule has 3 heteroatoms. The van der Waals surface area contributed by atoms with E-state index < -0.39 is 0 Å². The fraction of sp³-hybridized carbons (Fsp3) is 0.312. The number of carbonyl (C=O) groups is 1. The van der Waals surface area contributed by atoms with Gasteiger partial charge in [-0.25, -0.2) is 0 Å². The van der Waals surface area contributed by atoms with Gasteiger partial charge >= 0.3 is 0 Å². The molecule has 0 fully saturated rings. The highest BCUT2D eigenvalue weighted by molar-refractivity contribution is 7.80. The predicted molar refractivity (Wildman–Crippen MR) is 83.1 cm³/mol. The van der Waals surface area contributed by atoms with Gasteiger partial charge in [0.05, 0.1) is 5.69 Å². The Labute approximate surface area is 118 Å². The summed E-state index contributed by atoms with van der Waals surface area (Å²) in [7, 11) is 0. The average molecular weight is 271 g/mol. The van der Waals surface area contributed by atoms with Gasteiger partial charge in [0.25, 0.3) is 0 Å². The SMILES string of the molecule is O=C1CCCc2c1[nH]c1ccc(C=CCCS)cc21. The number of thiol groups is 1. The first-order valence-electron chi connectivity index (χ1n) is 6.75. The van der Waals surface area contributed by atoms with Crippen LogP contribution in [0, 0.1) is 0 Å². The molecule has 1 aliphatic carbocycles. The molecule has 0 amide bonds. The van der Waals surface area contributed by atoms with Gasteiger partial charge in [-0.05, 0) is 48.3 Å². The molecule has 1 aliphatic rings. The van der Waals surface area contributed by atoms with Gasteiger partial charge in [-0.15, -0.1) is 0 Å². The Morgan fingerprint density at radius 1 is 1.32 bits per heavy atom. The third kappa shape index (κ3) is 2.35. The van der Waals surface area contributed by atoms with E-state index in [4.69, 9.17) is 0 Å². The smallest absolute Gasteiger partial charge is 0.179 e. The number of allylic oxidation sites excluding steroid dienone is 1. The first-order chi connectivity index (χ1) is 9.29. The second kappa shape index (κ2) is 5.25. The number of aryl methyl sites for hydroxylation is 1. The lowest BCUT2D eigenvalue weighted by Crippen LogP contribution is -2.09. The minimum Gasteiger partial charge on any atom is -0.352 e. The van der Waals surface area contributed by atoms with E-state index in [1.807, 2.05) is 0 Å². The van der Waals surface area contributed by atoms with Crippen molar-refractivity contribution in [1.82, 2.24) is 4.98 Å². The highest BCUT2D eigenvalue weighted by Gasteiger charge is 2.21. The lowest BCUT2D eigenvalue weighted by molar-refractivity contribution is 0.0968. The van der Waals surface area contributed by atoms with E-state index >= 15 is 0 Å². The predicted octanol–water partition coefficient (Wildman–Crippen LogP) is 4.02. The van der Waals surface area contributed by atoms with E-state index in [9.17, 15) is 4.79 Å². The molecule has 1 aromatic carbocycles. The lowest BCUT2D eigenvalue weighted by atomic mass is 9.94. The van der Waals surface area contributed by atoms with Crippen molar-refractivity contribution in [3.05, 3.63) is 41.1 Å². The van der Waals surface area contributed by atoms with Crippen LogP contribution >= 0.6 is 12.6 Å². The molecule has 19 heavy (non-hydrogen) atoms. The maximum atomic E-state index is 11.9. The Kier molecular flexibility index (Phi) is 3.47. The molecule has 0 radical (unpaired) electrons. The normalized spacial score (nSPS) is 15.3. The summed E-state index contributed by atoms with van der Waals surface area (Å²) >= 11 is 4.20. The topological polar surface area (TPSA) is 32.9 Å². The van der Waals surface area contributed by atoms with Crippen LogP contribution in [0.4, 0.5) is 0 Å². The minimum atomic E-state index is 0.254. The molecule has 3 rings (SSSR count). The molecular formula is C16H17NOS. The van der Waals surface area contributed by atoms with Crippen LogP contribution in [-0.4, -0.2) is 16.5 Å². The van der Waals surface area contributed by atoms with Crippen molar-refractivity contribution >= 4 is 35.4 Å². The van der Waals surface area contributed by atoms with Crippen LogP contribution in [0.3, 0.4) is 0 Å². The first-order valence-corrected chi connectivity index (χ1v) is 7.38. The monoisotopic (exact) mass is 271 g/mol. The Morgan fingerprint density at radius 3 is 3.05 bits per heavy atom. The summed E-state index contributed by atoms with van der Waals surface area (Å²) in [6.45, 7) is 0. The standard InChI is InChI=1S/C16H17NOS/c18-15-6-3-5-12-13-10-11(4-1-2-9-19)7-8-14(13)17-16(12)15/h1,4,7-8,10,17,19H,2-3,5-6,9H2. The van der Waals surface area contributed by atoms with Gasteiger partial charge in [-0.1, -0.05) is 18.2 Å². The first kappa shape index (κ1) is 12.5. The van der Waals surface area contributed by atoms with E-state index in [-0.39, 0.29) is 5.78 Å². The van der Waals surface area contributed by atoms with Gasteiger partial charge in [-0.2, -0.15) is 12.6 Å². The fourth-order valence-corrected chi connectivity index (χ4v) is 2.86. The third-order valence-electron chi connectivity index (χ3n) is 3.65. The highest BCUT2D eigenvalue weighted by Crippen LogP contribution is 2.29. The van der Waals surface area contributed by atoms with Crippen LogP contribution in [0.5, 0.6) is 0 Å². The second-order valence-corrected chi connectivity index (χ2v) is 5.42. The molecule has 1 N–H and O–H groups in total. The summed E-state index contributed by atoms with van der Waals surface area (Å²) in [5.74, 6) is 1.12. The van der Waals surface area contributed by atoms with Gasteiger partial charge in [0, 0.05) is 17.3 Å². The van der Waals surface area contributed by atoms with E-state index in [0.717, 1.165) is 36.2 Å². The number of aromatic nitrogens is 1. The highest BCUT2D eigenvalue weighted by atomic mass is 32.1. The van der Waals surface area contributed by atoms with Crippen molar-refractivity contribution < 1.29 is 4.79 Å². The number of H-pyrrole nitrogens is 1. The van der Waals surface area contributed by atoms with Crippen LogP contribution in [0.15, 0.2) is 24.3 Å². The van der Waals surface area contributed by atoms with E-state index in [1.54, 1.807) is 0 Å². The van der Waals surface area contributed by atoms with Gasteiger partial charge in [-0.3, -0.25) is 4.79 Å². The number of rotatable bonds is 3. The summed E-state index contributed by atoms with van der Waals surface area (Å²) in [6, 6.07) is 6.34. The number of fused-ring (bicyclic) bond motifs is 3. The van der Waals surface area contributed by atoms with Crippen LogP contribution < -0.4 is 0 Å². The maximum absolute atomic E-state index is 11.9. The fourth-order valence-electron chi connectivity index (χ4n) is 2.71. The van der Waals surface area contributed by atoms with Crippen molar-refractivity contribution in [1.29, 1.82) is 0 Å². The zero-order valence-corrected chi connectivity index (χ0v) is 11.7. The molecule has 98 valence electrons. The van der Waals surface area contributed by atoms with E-state index in [0.29, 0.717) is 6.42 Å². The number of carbonyl (C=O) groups excluding carboxylic acids is 1. The van der Waals surface area contributed by atoms with Crippen LogP contribution in [0.2, 0.25) is 0 Å². The molecule has 0 saturated heterocycles. The van der Waals surface area contributed by atoms with Crippen LogP contribution in [0.25, 0.3) is 17.0 Å². The maximum Gasteiger partial charge on any atom is 0.179 e. The zero-order valence-electron chi connectivity index (χ0n) is 10.8. The molecule has 1 heterocycles. The molecular weight excluding hydrogens is 254 g/mol. The summed E-state index contributed by atoms with van der Waals surface area (Å²) in [4.78, 5) is 15.2. The molecule has 0 atom stereocenters. The van der Waals surface area contributed by atoms with E-state index in [2.05, 4.69) is 48.0 Å². The molecule has 0 unspecified atom stereocenters. The number of Topliss-reactive ketones (excluding diaryl/α,β-unsaturated/α-hetero) is 1. The van der Waals surface area contributed by atoms with Crippen molar-refractivity contribution in [3.8, 4) is 0 Å². The average Bonchev–Trinajstić information content (AvgIpc) is 2.79. The second-order valence-electron chi connectivity index (χ2n) is 4.97. The summed E-state index contributed by atoms with van der Waals surface area (Å²) in [5.41, 5.74) is 4.30. The van der Waals surface area contributed by atoms with Crippen LogP contribution in [0.1, 0.15) is 40.9 Å². The molecule has 1 aromatic heterocycles. The number of ketones is 1. The summed E-state index contributed by atoms with van der Waals surface area (Å²) < 4.78 is 0. The molecule has 0 saturated carbocycles. The Bertz CT molecular complexity index is 654. The Balaban J connectivity index is 2.05. The lowest BCUT2D eigenvalue weighted by Gasteiger charge is -2.09. The number of nitrogens with one attached hydrogen (secondary N) is 1. The molecule has 2 nitrogen and oxygen atoms in total. The number of hydrogen-bond acceptors (Lipinski definition) is 2. The van der Waals surface area contributed by atoms with Crippen LogP contribution in [-0.2, 0) is 6.42 Å². The van der Waals surface area contributed by atoms with Gasteiger partial charge in [0.2, 0.25) is 0 Å². The van der Waals surface area contributed by atoms with Gasteiger partial charge in [0.1, 0.15) is 0 Å². The molecule has 0 aliphatic heterocycles. The van der Waals surface area contributed by atoms with Crippen molar-refractivity contribution in [3.63, 3.8) is 0 Å². The number of benzene rings is 1. The van der Waals surface area contributed by atoms with Gasteiger partial charge < -0.3 is 4.98 Å². The zero-order chi connectivity index (χ0) is 13.2. The third-order valence-corrected chi connectivity index (χ3v) is 3.90. The number of hydrogen-bond donors (Lipinski definition) is 2. The molecule has 0 spiro atoms. The summed E-state index contributed by atoms with van der Waals surface area (Å²) in [5, 5.41) is 1.20. The van der Waals surface area contributed by atoms with Crippen molar-refractivity contribution in [2.45, 2.75) is 25.7 Å². The Hall–Kier alpha value is -1.48. The van der Waals surface area contributed by atoms with E-state index in [1.165, 1.54) is 16.5 Å². The molecule has 0 bridgehead atoms. The quantitative estimate of drug-likeness (QED) is 0.812. The summed E-state index contributed by atoms with van der Waals surface area (Å²) in [6.07, 6.45) is 7.89. The largest absolute Gasteiger partial charge is 0.352 e. The number of aromatic amines is 1. The van der Waals surface area contributed by atoms with Crippen molar-refractivity contribution in [2.75, 3.05) is 5.75 Å². The van der Waals surface area contributed by atoms with Crippen molar-refractivity contribution in [2.24, 2.45) is 0 Å². The molecule has 2 aromatic rings. The Morgan fingerprint density at radius 2 is 2.21 bits per heavy atom. The van der Waals surface area contributed by atoms with Gasteiger partial charge in [0.15, 0.2) is 5.78 Å². The minimum absolute atomic E-state index is 0.254.